The first-order chi connectivity index (χ1) is 20.5. The number of ketones is 1. The topological polar surface area (TPSA) is 98.9 Å². The summed E-state index contributed by atoms with van der Waals surface area (Å²) in [6, 6.07) is 18.3. The molecule has 43 heavy (non-hydrogen) atoms. The van der Waals surface area contributed by atoms with E-state index in [1.54, 1.807) is 30.3 Å². The average molecular weight is 595 g/mol. The van der Waals surface area contributed by atoms with Crippen molar-refractivity contribution in [2.75, 3.05) is 19.1 Å². The van der Waals surface area contributed by atoms with E-state index in [9.17, 15) is 27.6 Å². The van der Waals surface area contributed by atoms with Crippen LogP contribution in [0.25, 0.3) is 0 Å². The van der Waals surface area contributed by atoms with Crippen LogP contribution in [0.5, 0.6) is 0 Å². The molecule has 0 fully saturated rings. The predicted octanol–water partition coefficient (Wildman–Crippen LogP) is 5.59. The van der Waals surface area contributed by atoms with Crippen molar-refractivity contribution in [2.45, 2.75) is 24.4 Å². The van der Waals surface area contributed by atoms with Gasteiger partial charge < -0.3 is 15.2 Å². The molecule has 222 valence electrons. The summed E-state index contributed by atoms with van der Waals surface area (Å²) in [5.41, 5.74) is 5.58. The number of ether oxygens (including phenoxy) is 2. The van der Waals surface area contributed by atoms with E-state index >= 15 is 4.39 Å². The number of esters is 2. The van der Waals surface area contributed by atoms with Crippen LogP contribution in [-0.4, -0.2) is 31.9 Å². The van der Waals surface area contributed by atoms with Gasteiger partial charge in [0.2, 0.25) is 0 Å². The van der Waals surface area contributed by atoms with Gasteiger partial charge in [-0.3, -0.25) is 14.5 Å². The zero-order chi connectivity index (χ0) is 31.1. The number of benzene rings is 3. The van der Waals surface area contributed by atoms with E-state index in [1.165, 1.54) is 35.2 Å². The Morgan fingerprint density at radius 3 is 2.23 bits per heavy atom. The zero-order valence-corrected chi connectivity index (χ0v) is 23.0. The maximum absolute atomic E-state index is 15.4. The van der Waals surface area contributed by atoms with E-state index in [0.717, 1.165) is 32.4 Å². The summed E-state index contributed by atoms with van der Waals surface area (Å²) < 4.78 is 66.8. The number of hydrogen-bond acceptors (Lipinski definition) is 7. The van der Waals surface area contributed by atoms with Gasteiger partial charge in [-0.2, -0.15) is 13.2 Å². The molecule has 0 saturated carbocycles. The molecule has 2 aliphatic rings. The lowest BCUT2D eigenvalue weighted by molar-refractivity contribution is -0.150. The summed E-state index contributed by atoms with van der Waals surface area (Å²) in [6.45, 7) is 0. The summed E-state index contributed by atoms with van der Waals surface area (Å²) in [4.78, 5) is 42.2. The molecule has 1 aliphatic carbocycles. The Bertz CT molecular complexity index is 1670. The largest absolute Gasteiger partial charge is 0.468 e. The highest BCUT2D eigenvalue weighted by molar-refractivity contribution is 6.14. The lowest BCUT2D eigenvalue weighted by Crippen LogP contribution is -2.46. The molecule has 5 rings (SSSR count). The van der Waals surface area contributed by atoms with Crippen LogP contribution < -0.4 is 10.6 Å². The van der Waals surface area contributed by atoms with Crippen LogP contribution in [0.15, 0.2) is 102 Å². The number of carbonyl (C=O) groups is 3. The summed E-state index contributed by atoms with van der Waals surface area (Å²) in [7, 11) is 2.19. The van der Waals surface area contributed by atoms with Crippen LogP contribution in [-0.2, 0) is 30.0 Å². The van der Waals surface area contributed by atoms with E-state index < -0.39 is 53.0 Å². The zero-order valence-electron chi connectivity index (χ0n) is 23.0. The minimum absolute atomic E-state index is 0.0821. The lowest BCUT2D eigenvalue weighted by atomic mass is 9.67. The van der Waals surface area contributed by atoms with Gasteiger partial charge in [0.05, 0.1) is 31.3 Å². The van der Waals surface area contributed by atoms with Crippen LogP contribution in [0.2, 0.25) is 0 Å². The number of Topliss-reactive ketones (excluding diaryl/α,β-unsaturated/α-hetero) is 1. The standard InChI is InChI=1S/C32H26F4N2O5/c1-42-30(40)25-21(17-9-4-3-5-10-17)16-23-26(28(25)39)24(20-13-6-7-14-22(20)33)27(31(41)43-2)29(37)38(23)19-12-8-11-18(15-19)32(34,35)36/h3-15,21,24-25H,16,37H2,1-2H3/t21-,24+,25-/m1/s1. The third kappa shape index (κ3) is 5.15. The molecular weight excluding hydrogens is 568 g/mol. The van der Waals surface area contributed by atoms with Crippen molar-refractivity contribution in [1.82, 2.24) is 0 Å². The van der Waals surface area contributed by atoms with E-state index in [1.807, 2.05) is 0 Å². The van der Waals surface area contributed by atoms with E-state index in [0.29, 0.717) is 5.56 Å². The van der Waals surface area contributed by atoms with Gasteiger partial charge in [0, 0.05) is 28.4 Å². The predicted molar refractivity (Wildman–Crippen MR) is 148 cm³/mol. The number of carbonyl (C=O) groups excluding carboxylic acids is 3. The van der Waals surface area contributed by atoms with E-state index in [-0.39, 0.29) is 40.3 Å². The Morgan fingerprint density at radius 1 is 0.930 bits per heavy atom. The summed E-state index contributed by atoms with van der Waals surface area (Å²) >= 11 is 0. The van der Waals surface area contributed by atoms with Gasteiger partial charge in [-0.25, -0.2) is 9.18 Å². The van der Waals surface area contributed by atoms with Crippen molar-refractivity contribution in [3.8, 4) is 0 Å². The number of allylic oxidation sites excluding steroid dienone is 2. The van der Waals surface area contributed by atoms with Crippen LogP contribution in [0, 0.1) is 11.7 Å². The highest BCUT2D eigenvalue weighted by Crippen LogP contribution is 2.52. The highest BCUT2D eigenvalue weighted by atomic mass is 19.4. The monoisotopic (exact) mass is 594 g/mol. The Balaban J connectivity index is 1.86. The van der Waals surface area contributed by atoms with Crippen LogP contribution in [0.3, 0.4) is 0 Å². The molecule has 1 heterocycles. The van der Waals surface area contributed by atoms with Crippen LogP contribution in [0.4, 0.5) is 23.2 Å². The molecule has 3 aromatic carbocycles. The summed E-state index contributed by atoms with van der Waals surface area (Å²) in [6.07, 6.45) is -4.80. The summed E-state index contributed by atoms with van der Waals surface area (Å²) in [5.74, 6) is -7.41. The first kappa shape index (κ1) is 29.6. The van der Waals surface area contributed by atoms with Crippen LogP contribution >= 0.6 is 0 Å². The van der Waals surface area contributed by atoms with Crippen molar-refractivity contribution in [3.63, 3.8) is 0 Å². The second-order valence-electron chi connectivity index (χ2n) is 10.1. The molecule has 3 atom stereocenters. The molecule has 0 radical (unpaired) electrons. The Kier molecular flexibility index (Phi) is 7.83. The quantitative estimate of drug-likeness (QED) is 0.234. The van der Waals surface area contributed by atoms with Gasteiger partial charge in [-0.1, -0.05) is 54.6 Å². The normalized spacial score (nSPS) is 20.6. The Morgan fingerprint density at radius 2 is 1.60 bits per heavy atom. The molecule has 7 nitrogen and oxygen atoms in total. The number of halogens is 4. The second kappa shape index (κ2) is 11.4. The molecule has 11 heteroatoms. The number of nitrogens with two attached hydrogens (primary N) is 1. The Hall–Kier alpha value is -4.93. The molecule has 1 aliphatic heterocycles. The third-order valence-corrected chi connectivity index (χ3v) is 7.77. The minimum Gasteiger partial charge on any atom is -0.468 e. The molecule has 0 amide bonds. The maximum Gasteiger partial charge on any atom is 0.416 e. The van der Waals surface area contributed by atoms with E-state index in [4.69, 9.17) is 15.2 Å². The molecule has 3 aromatic rings. The first-order valence-corrected chi connectivity index (χ1v) is 13.2. The number of nitrogens with zero attached hydrogens (tertiary/aromatic N) is 1. The SMILES string of the molecule is COC(=O)C1=C(N)N(c2cccc(C(F)(F)F)c2)C2=C(C(=O)[C@H](C(=O)OC)[C@@H](c3ccccc3)C2)[C@@H]1c1ccccc1F. The fraction of sp³-hybridized carbons (Fsp3) is 0.219. The molecule has 0 spiro atoms. The number of methoxy groups -OCH3 is 2. The smallest absolute Gasteiger partial charge is 0.416 e. The van der Waals surface area contributed by atoms with Crippen molar-refractivity contribution < 1.29 is 41.4 Å². The molecular formula is C32H26F4N2O5. The number of rotatable bonds is 5. The van der Waals surface area contributed by atoms with Gasteiger partial charge in [-0.15, -0.1) is 0 Å². The van der Waals surface area contributed by atoms with Gasteiger partial charge >= 0.3 is 18.1 Å². The average Bonchev–Trinajstić information content (AvgIpc) is 3.00. The third-order valence-electron chi connectivity index (χ3n) is 7.77. The molecule has 0 unspecified atom stereocenters. The highest BCUT2D eigenvalue weighted by Gasteiger charge is 2.51. The molecule has 0 aromatic heterocycles. The van der Waals surface area contributed by atoms with Gasteiger partial charge in [0.15, 0.2) is 5.78 Å². The fourth-order valence-corrected chi connectivity index (χ4v) is 5.88. The molecule has 0 saturated heterocycles. The van der Waals surface area contributed by atoms with E-state index in [2.05, 4.69) is 0 Å². The van der Waals surface area contributed by atoms with Crippen molar-refractivity contribution in [3.05, 3.63) is 124 Å². The van der Waals surface area contributed by atoms with Crippen molar-refractivity contribution in [1.29, 1.82) is 0 Å². The van der Waals surface area contributed by atoms with Crippen molar-refractivity contribution >= 4 is 23.4 Å². The number of anilines is 1. The second-order valence-corrected chi connectivity index (χ2v) is 10.1. The van der Waals surface area contributed by atoms with Crippen molar-refractivity contribution in [2.24, 2.45) is 11.7 Å². The van der Waals surface area contributed by atoms with Gasteiger partial charge in [0.25, 0.3) is 0 Å². The minimum atomic E-state index is -4.71. The molecule has 2 N–H and O–H groups in total. The summed E-state index contributed by atoms with van der Waals surface area (Å²) in [5, 5.41) is 0. The maximum atomic E-state index is 15.4. The Labute approximate surface area is 244 Å². The molecule has 0 bridgehead atoms. The van der Waals surface area contributed by atoms with Crippen LogP contribution in [0.1, 0.15) is 34.9 Å². The van der Waals surface area contributed by atoms with Gasteiger partial charge in [-0.05, 0) is 36.2 Å². The number of hydrogen-bond donors (Lipinski definition) is 1. The first-order valence-electron chi connectivity index (χ1n) is 13.2. The number of alkyl halides is 3. The lowest BCUT2D eigenvalue weighted by Gasteiger charge is -2.44. The van der Waals surface area contributed by atoms with Gasteiger partial charge in [0.1, 0.15) is 17.6 Å². The fourth-order valence-electron chi connectivity index (χ4n) is 5.88.